The van der Waals surface area contributed by atoms with Gasteiger partial charge in [-0.2, -0.15) is 0 Å². The summed E-state index contributed by atoms with van der Waals surface area (Å²) >= 11 is 0. The first kappa shape index (κ1) is 18.8. The Bertz CT molecular complexity index is 468. The van der Waals surface area contributed by atoms with Crippen molar-refractivity contribution in [1.29, 1.82) is 0 Å². The van der Waals surface area contributed by atoms with Crippen LogP contribution in [-0.2, 0) is 16.1 Å². The summed E-state index contributed by atoms with van der Waals surface area (Å²) in [5.41, 5.74) is 0. The first-order valence-corrected chi connectivity index (χ1v) is 7.39. The van der Waals surface area contributed by atoms with Gasteiger partial charge in [0.2, 0.25) is 0 Å². The predicted molar refractivity (Wildman–Crippen MR) is 95.3 cm³/mol. The highest BCUT2D eigenvalue weighted by molar-refractivity contribution is 14.0. The van der Waals surface area contributed by atoms with Gasteiger partial charge in [0, 0.05) is 20.1 Å². The summed E-state index contributed by atoms with van der Waals surface area (Å²) in [7, 11) is 1.77. The molecule has 7 heteroatoms. The molecule has 1 saturated heterocycles. The molecule has 0 saturated carbocycles. The Labute approximate surface area is 148 Å². The van der Waals surface area contributed by atoms with Crippen LogP contribution < -0.4 is 5.32 Å². The molecule has 1 aromatic heterocycles. The lowest BCUT2D eigenvalue weighted by atomic mass is 9.97. The molecule has 1 aliphatic heterocycles. The van der Waals surface area contributed by atoms with Gasteiger partial charge in [0.25, 0.3) is 0 Å². The largest absolute Gasteiger partial charge is 0.467 e. The Hall–Kier alpha value is -1.25. The van der Waals surface area contributed by atoms with Gasteiger partial charge >= 0.3 is 5.97 Å². The van der Waals surface area contributed by atoms with Crippen molar-refractivity contribution < 1.29 is 13.9 Å². The number of guanidine groups is 1. The van der Waals surface area contributed by atoms with E-state index in [4.69, 9.17) is 9.15 Å². The van der Waals surface area contributed by atoms with Crippen LogP contribution in [0.5, 0.6) is 0 Å². The number of nitrogens with zero attached hydrogens (tertiary/aromatic N) is 2. The van der Waals surface area contributed by atoms with Gasteiger partial charge < -0.3 is 19.4 Å². The highest BCUT2D eigenvalue weighted by Gasteiger charge is 2.27. The lowest BCUT2D eigenvalue weighted by Gasteiger charge is -2.33. The SMILES string of the molecule is CCOC(=O)C1CCN(C(=NC)NCc2ccco2)CC1.I. The molecule has 6 nitrogen and oxygen atoms in total. The maximum absolute atomic E-state index is 11.7. The standard InChI is InChI=1S/C15H23N3O3.HI/c1-3-20-14(19)12-6-8-18(9-7-12)15(16-2)17-11-13-5-4-10-21-13;/h4-5,10,12H,3,6-9,11H2,1-2H3,(H,16,17);1H. The maximum Gasteiger partial charge on any atom is 0.309 e. The summed E-state index contributed by atoms with van der Waals surface area (Å²) in [4.78, 5) is 18.2. The molecule has 0 unspecified atom stereocenters. The van der Waals surface area contributed by atoms with Crippen LogP contribution in [0.1, 0.15) is 25.5 Å². The quantitative estimate of drug-likeness (QED) is 0.350. The number of carbonyl (C=O) groups excluding carboxylic acids is 1. The third-order valence-corrected chi connectivity index (χ3v) is 3.63. The van der Waals surface area contributed by atoms with Crippen LogP contribution in [-0.4, -0.2) is 43.6 Å². The Kier molecular flexibility index (Phi) is 8.29. The molecule has 0 radical (unpaired) electrons. The Morgan fingerprint density at radius 3 is 2.77 bits per heavy atom. The zero-order valence-electron chi connectivity index (χ0n) is 13.1. The van der Waals surface area contributed by atoms with Gasteiger partial charge in [-0.25, -0.2) is 0 Å². The van der Waals surface area contributed by atoms with Crippen molar-refractivity contribution in [2.45, 2.75) is 26.3 Å². The molecule has 0 spiro atoms. The van der Waals surface area contributed by atoms with E-state index in [-0.39, 0.29) is 35.9 Å². The second-order valence-electron chi connectivity index (χ2n) is 4.99. The van der Waals surface area contributed by atoms with E-state index in [0.717, 1.165) is 37.7 Å². The molecule has 1 aliphatic rings. The number of carbonyl (C=O) groups is 1. The minimum Gasteiger partial charge on any atom is -0.467 e. The molecule has 0 aromatic carbocycles. The van der Waals surface area contributed by atoms with Gasteiger partial charge in [-0.05, 0) is 31.9 Å². The lowest BCUT2D eigenvalue weighted by Crippen LogP contribution is -2.46. The number of hydrogen-bond acceptors (Lipinski definition) is 4. The molecule has 1 fully saturated rings. The van der Waals surface area contributed by atoms with Crippen LogP contribution in [0.25, 0.3) is 0 Å². The highest BCUT2D eigenvalue weighted by Crippen LogP contribution is 2.18. The molecule has 0 atom stereocenters. The topological polar surface area (TPSA) is 67.1 Å². The van der Waals surface area contributed by atoms with Gasteiger partial charge in [-0.3, -0.25) is 9.79 Å². The number of rotatable bonds is 4. The van der Waals surface area contributed by atoms with Crippen LogP contribution >= 0.6 is 24.0 Å². The van der Waals surface area contributed by atoms with Gasteiger partial charge in [0.1, 0.15) is 5.76 Å². The molecule has 124 valence electrons. The third kappa shape index (κ3) is 5.19. The van der Waals surface area contributed by atoms with E-state index in [0.29, 0.717) is 13.2 Å². The number of aliphatic imine (C=N–C) groups is 1. The summed E-state index contributed by atoms with van der Waals surface area (Å²) in [6, 6.07) is 3.79. The number of halogens is 1. The molecule has 2 rings (SSSR count). The van der Waals surface area contributed by atoms with Crippen LogP contribution in [0.15, 0.2) is 27.8 Å². The molecular weight excluding hydrogens is 397 g/mol. The number of nitrogens with one attached hydrogen (secondary N) is 1. The van der Waals surface area contributed by atoms with Crippen LogP contribution in [0.2, 0.25) is 0 Å². The fraction of sp³-hybridized carbons (Fsp3) is 0.600. The van der Waals surface area contributed by atoms with Crippen molar-refractivity contribution in [3.63, 3.8) is 0 Å². The van der Waals surface area contributed by atoms with Crippen molar-refractivity contribution >= 4 is 35.9 Å². The summed E-state index contributed by atoms with van der Waals surface area (Å²) in [5, 5.41) is 3.28. The van der Waals surface area contributed by atoms with Gasteiger partial charge in [0.05, 0.1) is 25.3 Å². The van der Waals surface area contributed by atoms with Crippen molar-refractivity contribution in [3.05, 3.63) is 24.2 Å². The zero-order chi connectivity index (χ0) is 15.1. The van der Waals surface area contributed by atoms with Crippen LogP contribution in [0, 0.1) is 5.92 Å². The first-order chi connectivity index (χ1) is 10.2. The van der Waals surface area contributed by atoms with Crippen LogP contribution in [0.4, 0.5) is 0 Å². The van der Waals surface area contributed by atoms with E-state index in [1.807, 2.05) is 19.1 Å². The summed E-state index contributed by atoms with van der Waals surface area (Å²) in [6.07, 6.45) is 3.27. The van der Waals surface area contributed by atoms with Gasteiger partial charge in [-0.1, -0.05) is 0 Å². The number of piperidine rings is 1. The predicted octanol–water partition coefficient (Wildman–Crippen LogP) is 2.25. The Morgan fingerprint density at radius 2 is 2.23 bits per heavy atom. The first-order valence-electron chi connectivity index (χ1n) is 7.39. The molecule has 22 heavy (non-hydrogen) atoms. The maximum atomic E-state index is 11.7. The van der Waals surface area contributed by atoms with E-state index in [1.165, 1.54) is 0 Å². The molecule has 0 aliphatic carbocycles. The normalized spacial score (nSPS) is 16.1. The number of ether oxygens (including phenoxy) is 1. The zero-order valence-corrected chi connectivity index (χ0v) is 15.4. The Morgan fingerprint density at radius 1 is 1.50 bits per heavy atom. The van der Waals surface area contributed by atoms with Crippen molar-refractivity contribution in [1.82, 2.24) is 10.2 Å². The van der Waals surface area contributed by atoms with E-state index in [9.17, 15) is 4.79 Å². The van der Waals surface area contributed by atoms with E-state index < -0.39 is 0 Å². The monoisotopic (exact) mass is 421 g/mol. The van der Waals surface area contributed by atoms with Crippen molar-refractivity contribution in [3.8, 4) is 0 Å². The Balaban J connectivity index is 0.00000242. The van der Waals surface area contributed by atoms with E-state index >= 15 is 0 Å². The average molecular weight is 421 g/mol. The minimum atomic E-state index is -0.0734. The van der Waals surface area contributed by atoms with Gasteiger partial charge in [0.15, 0.2) is 5.96 Å². The summed E-state index contributed by atoms with van der Waals surface area (Å²) in [6.45, 7) is 4.51. The molecular formula is C15H24IN3O3. The van der Waals surface area contributed by atoms with E-state index in [2.05, 4.69) is 15.2 Å². The fourth-order valence-electron chi connectivity index (χ4n) is 2.50. The number of likely N-dealkylation sites (tertiary alicyclic amines) is 1. The number of esters is 1. The second-order valence-corrected chi connectivity index (χ2v) is 4.99. The van der Waals surface area contributed by atoms with Crippen molar-refractivity contribution in [2.24, 2.45) is 10.9 Å². The molecule has 0 bridgehead atoms. The number of furan rings is 1. The smallest absolute Gasteiger partial charge is 0.309 e. The van der Waals surface area contributed by atoms with Gasteiger partial charge in [-0.15, -0.1) is 24.0 Å². The molecule has 0 amide bonds. The van der Waals surface area contributed by atoms with Crippen molar-refractivity contribution in [2.75, 3.05) is 26.7 Å². The second kappa shape index (κ2) is 9.70. The summed E-state index contributed by atoms with van der Waals surface area (Å²) < 4.78 is 10.4. The van der Waals surface area contributed by atoms with E-state index in [1.54, 1.807) is 13.3 Å². The number of hydrogen-bond donors (Lipinski definition) is 1. The fourth-order valence-corrected chi connectivity index (χ4v) is 2.50. The third-order valence-electron chi connectivity index (χ3n) is 3.63. The lowest BCUT2D eigenvalue weighted by molar-refractivity contribution is -0.149. The molecule has 1 N–H and O–H groups in total. The molecule has 2 heterocycles. The summed E-state index contributed by atoms with van der Waals surface area (Å²) in [5.74, 6) is 1.66. The molecule has 1 aromatic rings. The highest BCUT2D eigenvalue weighted by atomic mass is 127. The van der Waals surface area contributed by atoms with Crippen LogP contribution in [0.3, 0.4) is 0 Å². The average Bonchev–Trinajstić information content (AvgIpc) is 3.02. The minimum absolute atomic E-state index is 0.